The average molecular weight is 246 g/mol. The summed E-state index contributed by atoms with van der Waals surface area (Å²) in [5.41, 5.74) is 7.23. The minimum Gasteiger partial charge on any atom is -0.396 e. The minimum absolute atomic E-state index is 0.396. The zero-order valence-corrected chi connectivity index (χ0v) is 9.00. The van der Waals surface area contributed by atoms with Gasteiger partial charge in [0, 0.05) is 10.9 Å². The van der Waals surface area contributed by atoms with Crippen LogP contribution in [-0.4, -0.2) is 0 Å². The molecule has 2 aromatic rings. The summed E-state index contributed by atoms with van der Waals surface area (Å²) in [6.07, 6.45) is 0. The van der Waals surface area contributed by atoms with Crippen LogP contribution in [0.3, 0.4) is 0 Å². The van der Waals surface area contributed by atoms with Crippen molar-refractivity contribution in [1.82, 2.24) is 0 Å². The highest BCUT2D eigenvalue weighted by Crippen LogP contribution is 2.37. The Morgan fingerprint density at radius 2 is 1.93 bits per heavy atom. The van der Waals surface area contributed by atoms with Gasteiger partial charge in [-0.25, -0.2) is 8.78 Å². The number of hydrogen-bond acceptors (Lipinski definition) is 2. The first-order valence-electron chi connectivity index (χ1n) is 4.07. The van der Waals surface area contributed by atoms with Crippen molar-refractivity contribution >= 4 is 28.6 Å². The number of anilines is 1. The Hall–Kier alpha value is -1.13. The lowest BCUT2D eigenvalue weighted by molar-refractivity contribution is 0.509. The average Bonchev–Trinajstić information content (AvgIpc) is 2.53. The molecule has 1 heterocycles. The van der Waals surface area contributed by atoms with Crippen molar-refractivity contribution in [2.75, 3.05) is 5.73 Å². The highest BCUT2D eigenvalue weighted by Gasteiger charge is 2.10. The van der Waals surface area contributed by atoms with Gasteiger partial charge in [-0.2, -0.15) is 0 Å². The lowest BCUT2D eigenvalue weighted by atomic mass is 10.1. The molecule has 0 radical (unpaired) electrons. The molecule has 0 aliphatic carbocycles. The molecule has 0 amide bonds. The molecule has 2 N–H and O–H groups in total. The van der Waals surface area contributed by atoms with Crippen molar-refractivity contribution < 1.29 is 8.78 Å². The number of rotatable bonds is 1. The van der Waals surface area contributed by atoms with E-state index in [1.54, 1.807) is 5.38 Å². The molecular formula is C10H6ClF2NS. The predicted molar refractivity (Wildman–Crippen MR) is 59.1 cm³/mol. The van der Waals surface area contributed by atoms with Crippen LogP contribution >= 0.6 is 22.9 Å². The van der Waals surface area contributed by atoms with E-state index in [-0.39, 0.29) is 0 Å². The first-order chi connectivity index (χ1) is 7.09. The van der Waals surface area contributed by atoms with Crippen LogP contribution in [0.4, 0.5) is 14.5 Å². The Kier molecular flexibility index (Phi) is 2.63. The first-order valence-corrected chi connectivity index (χ1v) is 5.33. The summed E-state index contributed by atoms with van der Waals surface area (Å²) in [5.74, 6) is -1.77. The highest BCUT2D eigenvalue weighted by molar-refractivity contribution is 7.15. The fourth-order valence-corrected chi connectivity index (χ4v) is 2.19. The van der Waals surface area contributed by atoms with Crippen molar-refractivity contribution in [1.29, 1.82) is 0 Å². The standard InChI is InChI=1S/C10H6ClF2NS/c11-10-9(14)6(4-15-10)5-1-2-7(12)8(13)3-5/h1-4H,14H2. The van der Waals surface area contributed by atoms with Crippen LogP contribution in [0.15, 0.2) is 23.6 Å². The van der Waals surface area contributed by atoms with Gasteiger partial charge in [0.2, 0.25) is 0 Å². The molecule has 0 bridgehead atoms. The topological polar surface area (TPSA) is 26.0 Å². The van der Waals surface area contributed by atoms with Gasteiger partial charge in [-0.3, -0.25) is 0 Å². The summed E-state index contributed by atoms with van der Waals surface area (Å²) in [4.78, 5) is 0. The van der Waals surface area contributed by atoms with E-state index in [1.807, 2.05) is 0 Å². The third-order valence-electron chi connectivity index (χ3n) is 2.01. The number of benzene rings is 1. The fourth-order valence-electron chi connectivity index (χ4n) is 1.23. The van der Waals surface area contributed by atoms with Crippen molar-refractivity contribution in [3.8, 4) is 11.1 Å². The van der Waals surface area contributed by atoms with Gasteiger partial charge in [0.05, 0.1) is 5.69 Å². The predicted octanol–water partition coefficient (Wildman–Crippen LogP) is 3.93. The van der Waals surface area contributed by atoms with Gasteiger partial charge in [0.15, 0.2) is 11.6 Å². The van der Waals surface area contributed by atoms with Gasteiger partial charge in [0.25, 0.3) is 0 Å². The van der Waals surface area contributed by atoms with Gasteiger partial charge in [-0.1, -0.05) is 17.7 Å². The Morgan fingerprint density at radius 1 is 1.20 bits per heavy atom. The lowest BCUT2D eigenvalue weighted by Gasteiger charge is -2.01. The van der Waals surface area contributed by atoms with E-state index in [9.17, 15) is 8.78 Å². The summed E-state index contributed by atoms with van der Waals surface area (Å²) >= 11 is 7.04. The maximum atomic E-state index is 13.0. The monoisotopic (exact) mass is 245 g/mol. The summed E-state index contributed by atoms with van der Waals surface area (Å²) < 4.78 is 26.1. The molecule has 2 rings (SSSR count). The van der Waals surface area contributed by atoms with Crippen LogP contribution in [0.25, 0.3) is 11.1 Å². The van der Waals surface area contributed by atoms with Gasteiger partial charge >= 0.3 is 0 Å². The van der Waals surface area contributed by atoms with Crippen molar-refractivity contribution in [3.63, 3.8) is 0 Å². The van der Waals surface area contributed by atoms with Crippen LogP contribution in [0.2, 0.25) is 4.34 Å². The summed E-state index contributed by atoms with van der Waals surface area (Å²) in [6.45, 7) is 0. The minimum atomic E-state index is -0.894. The molecule has 0 fully saturated rings. The zero-order chi connectivity index (χ0) is 11.0. The number of thiophene rings is 1. The van der Waals surface area contributed by atoms with E-state index >= 15 is 0 Å². The smallest absolute Gasteiger partial charge is 0.159 e. The van der Waals surface area contributed by atoms with Crippen LogP contribution in [0, 0.1) is 11.6 Å². The molecule has 15 heavy (non-hydrogen) atoms. The highest BCUT2D eigenvalue weighted by atomic mass is 35.5. The molecule has 5 heteroatoms. The number of halogens is 3. The Bertz CT molecular complexity index is 510. The van der Waals surface area contributed by atoms with E-state index in [1.165, 1.54) is 17.4 Å². The molecular weight excluding hydrogens is 240 g/mol. The normalized spacial score (nSPS) is 10.6. The molecule has 78 valence electrons. The molecule has 0 saturated carbocycles. The Morgan fingerprint density at radius 3 is 2.47 bits per heavy atom. The quantitative estimate of drug-likeness (QED) is 0.809. The van der Waals surface area contributed by atoms with Gasteiger partial charge < -0.3 is 5.73 Å². The van der Waals surface area contributed by atoms with Gasteiger partial charge in [-0.15, -0.1) is 11.3 Å². The number of hydrogen-bond donors (Lipinski definition) is 1. The second-order valence-corrected chi connectivity index (χ2v) is 4.45. The lowest BCUT2D eigenvalue weighted by Crippen LogP contribution is -1.88. The van der Waals surface area contributed by atoms with Gasteiger partial charge in [-0.05, 0) is 17.7 Å². The molecule has 0 aliphatic rings. The third-order valence-corrected chi connectivity index (χ3v) is 3.26. The van der Waals surface area contributed by atoms with Crippen molar-refractivity contribution in [2.24, 2.45) is 0 Å². The van der Waals surface area contributed by atoms with E-state index in [0.717, 1.165) is 12.1 Å². The molecule has 0 unspecified atom stereocenters. The van der Waals surface area contributed by atoms with Gasteiger partial charge in [0.1, 0.15) is 4.34 Å². The number of nitrogens with two attached hydrogens (primary N) is 1. The first kappa shape index (κ1) is 10.4. The van der Waals surface area contributed by atoms with E-state index in [4.69, 9.17) is 17.3 Å². The fraction of sp³-hybridized carbons (Fsp3) is 0. The Labute approximate surface area is 94.1 Å². The molecule has 0 saturated heterocycles. The van der Waals surface area contributed by atoms with Crippen LogP contribution < -0.4 is 5.73 Å². The Balaban J connectivity index is 2.55. The van der Waals surface area contributed by atoms with Crippen molar-refractivity contribution in [2.45, 2.75) is 0 Å². The second-order valence-electron chi connectivity index (χ2n) is 2.97. The molecule has 1 nitrogen and oxygen atoms in total. The molecule has 1 aromatic carbocycles. The van der Waals surface area contributed by atoms with E-state index < -0.39 is 11.6 Å². The van der Waals surface area contributed by atoms with Crippen LogP contribution in [0.5, 0.6) is 0 Å². The summed E-state index contributed by atoms with van der Waals surface area (Å²) in [5, 5.41) is 1.71. The van der Waals surface area contributed by atoms with Crippen molar-refractivity contribution in [3.05, 3.63) is 39.5 Å². The van der Waals surface area contributed by atoms with Crippen LogP contribution in [-0.2, 0) is 0 Å². The summed E-state index contributed by atoms with van der Waals surface area (Å²) in [6, 6.07) is 3.63. The van der Waals surface area contributed by atoms with E-state index in [2.05, 4.69) is 0 Å². The SMILES string of the molecule is Nc1c(-c2ccc(F)c(F)c2)csc1Cl. The van der Waals surface area contributed by atoms with Crippen LogP contribution in [0.1, 0.15) is 0 Å². The number of nitrogen functional groups attached to an aromatic ring is 1. The summed E-state index contributed by atoms with van der Waals surface area (Å²) in [7, 11) is 0. The maximum Gasteiger partial charge on any atom is 0.159 e. The molecule has 0 aliphatic heterocycles. The van der Waals surface area contributed by atoms with E-state index in [0.29, 0.717) is 21.2 Å². The molecule has 0 spiro atoms. The third kappa shape index (κ3) is 1.82. The largest absolute Gasteiger partial charge is 0.396 e. The molecule has 1 aromatic heterocycles. The zero-order valence-electron chi connectivity index (χ0n) is 7.43. The second kappa shape index (κ2) is 3.79. The molecule has 0 atom stereocenters. The maximum absolute atomic E-state index is 13.0.